The van der Waals surface area contributed by atoms with Crippen molar-refractivity contribution in [2.75, 3.05) is 5.32 Å². The largest absolute Gasteiger partial charge is 0.390 e. The number of nitrogens with two attached hydrogens (primary N) is 1. The van der Waals surface area contributed by atoms with E-state index in [0.29, 0.717) is 29.4 Å². The fourth-order valence-electron chi connectivity index (χ4n) is 5.73. The van der Waals surface area contributed by atoms with Crippen LogP contribution in [0.4, 0.5) is 5.69 Å². The van der Waals surface area contributed by atoms with Gasteiger partial charge in [-0.25, -0.2) is 4.98 Å². The first-order valence-electron chi connectivity index (χ1n) is 8.77. The van der Waals surface area contributed by atoms with Crippen molar-refractivity contribution in [3.8, 4) is 0 Å². The van der Waals surface area contributed by atoms with Gasteiger partial charge in [0.25, 0.3) is 5.91 Å². The van der Waals surface area contributed by atoms with E-state index in [1.54, 1.807) is 6.20 Å². The Hall–Kier alpha value is -2.08. The molecule has 6 nitrogen and oxygen atoms in total. The molecular weight excluding hydrogens is 304 g/mol. The third-order valence-corrected chi connectivity index (χ3v) is 6.40. The van der Waals surface area contributed by atoms with Gasteiger partial charge in [-0.05, 0) is 55.9 Å². The third kappa shape index (κ3) is 1.99. The highest BCUT2D eigenvalue weighted by atomic mass is 16.3. The van der Waals surface area contributed by atoms with Crippen LogP contribution < -0.4 is 11.1 Å². The Morgan fingerprint density at radius 3 is 2.75 bits per heavy atom. The van der Waals surface area contributed by atoms with E-state index in [4.69, 9.17) is 5.73 Å². The molecular formula is C18H22N4O2. The predicted octanol–water partition coefficient (Wildman–Crippen LogP) is 2.01. The van der Waals surface area contributed by atoms with Gasteiger partial charge < -0.3 is 21.1 Å². The number of amides is 1. The number of aliphatic hydroxyl groups is 1. The van der Waals surface area contributed by atoms with E-state index < -0.39 is 11.5 Å². The summed E-state index contributed by atoms with van der Waals surface area (Å²) < 4.78 is 0. The average Bonchev–Trinajstić information content (AvgIpc) is 2.97. The lowest BCUT2D eigenvalue weighted by atomic mass is 9.52. The Kier molecular flexibility index (Phi) is 2.81. The second-order valence-corrected chi connectivity index (χ2v) is 8.02. The van der Waals surface area contributed by atoms with Crippen LogP contribution in [0.5, 0.6) is 0 Å². The fraction of sp³-hybridized carbons (Fsp3) is 0.556. The van der Waals surface area contributed by atoms with E-state index in [1.165, 1.54) is 12.8 Å². The average molecular weight is 326 g/mol. The number of hydrogen-bond acceptors (Lipinski definition) is 4. The molecule has 0 saturated heterocycles. The van der Waals surface area contributed by atoms with E-state index in [2.05, 4.69) is 15.3 Å². The van der Waals surface area contributed by atoms with Crippen molar-refractivity contribution in [3.05, 3.63) is 24.0 Å². The van der Waals surface area contributed by atoms with Crippen molar-refractivity contribution >= 4 is 22.6 Å². The van der Waals surface area contributed by atoms with Crippen molar-refractivity contribution in [2.24, 2.45) is 23.5 Å². The minimum atomic E-state index is -0.462. The first-order valence-corrected chi connectivity index (χ1v) is 8.77. The second kappa shape index (κ2) is 4.72. The molecule has 2 unspecified atom stereocenters. The second-order valence-electron chi connectivity index (χ2n) is 8.02. The van der Waals surface area contributed by atoms with Gasteiger partial charge in [-0.2, -0.15) is 0 Å². The van der Waals surface area contributed by atoms with Crippen LogP contribution in [0.15, 0.2) is 18.5 Å². The van der Waals surface area contributed by atoms with Crippen molar-refractivity contribution in [3.63, 3.8) is 0 Å². The molecule has 4 aliphatic carbocycles. The molecule has 126 valence electrons. The Balaban J connectivity index is 1.54. The van der Waals surface area contributed by atoms with Crippen molar-refractivity contribution in [1.82, 2.24) is 9.97 Å². The molecule has 5 N–H and O–H groups in total. The number of rotatable bonds is 3. The molecule has 0 aliphatic heterocycles. The zero-order valence-corrected chi connectivity index (χ0v) is 13.5. The highest BCUT2D eigenvalue weighted by Gasteiger charge is 2.54. The van der Waals surface area contributed by atoms with E-state index in [-0.39, 0.29) is 0 Å². The topological polar surface area (TPSA) is 104 Å². The molecule has 4 bridgehead atoms. The number of aromatic amines is 1. The summed E-state index contributed by atoms with van der Waals surface area (Å²) in [5.41, 5.74) is 7.10. The van der Waals surface area contributed by atoms with Crippen LogP contribution in [0.2, 0.25) is 0 Å². The molecule has 2 aromatic heterocycles. The van der Waals surface area contributed by atoms with Gasteiger partial charge in [-0.3, -0.25) is 4.79 Å². The number of carbonyl (C=O) groups excluding carboxylic acids is 1. The number of aromatic nitrogens is 2. The molecule has 2 aromatic rings. The molecule has 4 aliphatic rings. The molecule has 0 radical (unpaired) electrons. The standard InChI is InChI=1S/C18H22N4O2/c19-16(23)13-8-21-17-12(1-2-20-17)15(13)22-14-10-3-9-4-11(14)7-18(24,5-9)6-10/h1-2,8-11,14,24H,3-7H2,(H2,19,23)(H2,20,21,22)/t9?,10-,11?,14+,18-/m1/s1. The Morgan fingerprint density at radius 1 is 1.33 bits per heavy atom. The van der Waals surface area contributed by atoms with Gasteiger partial charge in [0.1, 0.15) is 5.65 Å². The van der Waals surface area contributed by atoms with E-state index >= 15 is 0 Å². The maximum atomic E-state index is 11.9. The lowest BCUT2D eigenvalue weighted by molar-refractivity contribution is -0.129. The number of primary amides is 1. The van der Waals surface area contributed by atoms with Gasteiger partial charge >= 0.3 is 0 Å². The van der Waals surface area contributed by atoms with Crippen molar-refractivity contribution in [1.29, 1.82) is 0 Å². The van der Waals surface area contributed by atoms with Crippen molar-refractivity contribution < 1.29 is 9.90 Å². The molecule has 24 heavy (non-hydrogen) atoms. The van der Waals surface area contributed by atoms with Crippen LogP contribution in [0, 0.1) is 17.8 Å². The van der Waals surface area contributed by atoms with Crippen LogP contribution in [-0.2, 0) is 0 Å². The number of nitrogens with one attached hydrogen (secondary N) is 2. The number of fused-ring (bicyclic) bond motifs is 1. The quantitative estimate of drug-likeness (QED) is 0.692. The summed E-state index contributed by atoms with van der Waals surface area (Å²) in [4.78, 5) is 19.3. The Morgan fingerprint density at radius 2 is 2.08 bits per heavy atom. The van der Waals surface area contributed by atoms with E-state index in [9.17, 15) is 9.90 Å². The number of nitrogens with zero attached hydrogens (tertiary/aromatic N) is 1. The van der Waals surface area contributed by atoms with Crippen molar-refractivity contribution in [2.45, 2.75) is 43.7 Å². The van der Waals surface area contributed by atoms with Crippen LogP contribution in [-0.4, -0.2) is 32.6 Å². The highest BCUT2D eigenvalue weighted by Crippen LogP contribution is 2.56. The normalized spacial score (nSPS) is 37.0. The molecule has 1 amide bonds. The minimum absolute atomic E-state index is 0.292. The zero-order valence-electron chi connectivity index (χ0n) is 13.5. The first-order chi connectivity index (χ1) is 11.5. The van der Waals surface area contributed by atoms with Crippen LogP contribution >= 0.6 is 0 Å². The maximum Gasteiger partial charge on any atom is 0.252 e. The van der Waals surface area contributed by atoms with Gasteiger partial charge in [-0.1, -0.05) is 0 Å². The number of hydrogen-bond donors (Lipinski definition) is 4. The van der Waals surface area contributed by atoms with E-state index in [0.717, 1.165) is 36.0 Å². The number of H-pyrrole nitrogens is 1. The lowest BCUT2D eigenvalue weighted by Gasteiger charge is -2.58. The van der Waals surface area contributed by atoms with E-state index in [1.807, 2.05) is 12.3 Å². The summed E-state index contributed by atoms with van der Waals surface area (Å²) in [6, 6.07) is 2.22. The molecule has 0 spiro atoms. The van der Waals surface area contributed by atoms with Gasteiger partial charge in [0.2, 0.25) is 0 Å². The summed E-state index contributed by atoms with van der Waals surface area (Å²) in [5, 5.41) is 15.3. The monoisotopic (exact) mass is 326 g/mol. The van der Waals surface area contributed by atoms with Gasteiger partial charge in [0.05, 0.1) is 16.9 Å². The lowest BCUT2D eigenvalue weighted by Crippen LogP contribution is -2.59. The molecule has 0 aromatic carbocycles. The summed E-state index contributed by atoms with van der Waals surface area (Å²) >= 11 is 0. The third-order valence-electron chi connectivity index (χ3n) is 6.40. The summed E-state index contributed by atoms with van der Waals surface area (Å²) in [5.74, 6) is 1.12. The molecule has 5 atom stereocenters. The molecule has 6 rings (SSSR count). The number of anilines is 1. The fourth-order valence-corrected chi connectivity index (χ4v) is 5.73. The number of carbonyl (C=O) groups is 1. The molecule has 2 heterocycles. The van der Waals surface area contributed by atoms with Crippen LogP contribution in [0.25, 0.3) is 11.0 Å². The highest BCUT2D eigenvalue weighted by molar-refractivity contribution is 6.06. The minimum Gasteiger partial charge on any atom is -0.390 e. The maximum absolute atomic E-state index is 11.9. The van der Waals surface area contributed by atoms with Crippen LogP contribution in [0.3, 0.4) is 0 Å². The molecule has 4 saturated carbocycles. The number of pyridine rings is 1. The Bertz CT molecular complexity index is 814. The SMILES string of the molecule is NC(=O)c1cnc2[nH]ccc2c1N[C@@H]1C2CC3C[C@@H]1C[C@](O)(C3)C2. The first kappa shape index (κ1) is 14.3. The van der Waals surface area contributed by atoms with Crippen LogP contribution in [0.1, 0.15) is 42.5 Å². The summed E-state index contributed by atoms with van der Waals surface area (Å²) in [6.45, 7) is 0. The molecule has 4 fully saturated rings. The smallest absolute Gasteiger partial charge is 0.252 e. The Labute approximate surface area is 139 Å². The molecule has 6 heteroatoms. The van der Waals surface area contributed by atoms with Gasteiger partial charge in [-0.15, -0.1) is 0 Å². The summed E-state index contributed by atoms with van der Waals surface area (Å²) in [7, 11) is 0. The zero-order chi connectivity index (χ0) is 16.5. The predicted molar refractivity (Wildman–Crippen MR) is 90.5 cm³/mol. The summed E-state index contributed by atoms with van der Waals surface area (Å²) in [6.07, 6.45) is 8.42. The van der Waals surface area contributed by atoms with Gasteiger partial charge in [0.15, 0.2) is 0 Å². The van der Waals surface area contributed by atoms with Gasteiger partial charge in [0, 0.05) is 23.8 Å².